The second kappa shape index (κ2) is 7.64. The van der Waals surface area contributed by atoms with Gasteiger partial charge in [-0.15, -0.1) is 0 Å². The maximum atomic E-state index is 2.40. The molecular formula is C12H26. The minimum Gasteiger partial charge on any atom is -0.0654 e. The molecule has 0 heterocycles. The summed E-state index contributed by atoms with van der Waals surface area (Å²) >= 11 is 0. The Morgan fingerprint density at radius 2 is 1.50 bits per heavy atom. The summed E-state index contributed by atoms with van der Waals surface area (Å²) in [5, 5.41) is 0. The smallest absolute Gasteiger partial charge is 0.0443 e. The van der Waals surface area contributed by atoms with Gasteiger partial charge in [0, 0.05) is 0 Å². The maximum Gasteiger partial charge on any atom is -0.0443 e. The van der Waals surface area contributed by atoms with Crippen LogP contribution in [-0.2, 0) is 0 Å². The highest BCUT2D eigenvalue weighted by molar-refractivity contribution is 4.55. The van der Waals surface area contributed by atoms with Crippen LogP contribution in [0.4, 0.5) is 0 Å². The van der Waals surface area contributed by atoms with E-state index >= 15 is 0 Å². The molecule has 0 aliphatic rings. The molecule has 0 saturated carbocycles. The van der Waals surface area contributed by atoms with Crippen molar-refractivity contribution in [1.29, 1.82) is 0 Å². The minimum atomic E-state index is 0.888. The highest BCUT2D eigenvalue weighted by Gasteiger charge is 2.02. The summed E-state index contributed by atoms with van der Waals surface area (Å²) in [5.41, 5.74) is 0. The van der Waals surface area contributed by atoms with Crippen LogP contribution in [0.15, 0.2) is 0 Å². The molecule has 0 saturated heterocycles. The molecule has 0 aromatic rings. The quantitative estimate of drug-likeness (QED) is 0.488. The number of rotatable bonds is 7. The molecule has 0 aliphatic heterocycles. The molecule has 0 N–H and O–H groups in total. The molecule has 0 fully saturated rings. The van der Waals surface area contributed by atoms with Crippen molar-refractivity contribution in [1.82, 2.24) is 0 Å². The van der Waals surface area contributed by atoms with Gasteiger partial charge >= 0.3 is 0 Å². The SMILES string of the molecule is CCCCCC(C)CCC(C)C. The summed E-state index contributed by atoms with van der Waals surface area (Å²) in [6.45, 7) is 9.31. The molecule has 0 heteroatoms. The molecule has 0 nitrogen and oxygen atoms in total. The van der Waals surface area contributed by atoms with Crippen molar-refractivity contribution in [2.45, 2.75) is 66.2 Å². The van der Waals surface area contributed by atoms with Crippen LogP contribution >= 0.6 is 0 Å². The third-order valence-electron chi connectivity index (χ3n) is 2.54. The van der Waals surface area contributed by atoms with Crippen molar-refractivity contribution in [2.24, 2.45) is 11.8 Å². The lowest BCUT2D eigenvalue weighted by molar-refractivity contribution is 0.413. The van der Waals surface area contributed by atoms with Crippen LogP contribution in [0.5, 0.6) is 0 Å². The predicted molar refractivity (Wildman–Crippen MR) is 57.4 cm³/mol. The van der Waals surface area contributed by atoms with Crippen LogP contribution in [-0.4, -0.2) is 0 Å². The molecule has 0 aliphatic carbocycles. The minimum absolute atomic E-state index is 0.888. The summed E-state index contributed by atoms with van der Waals surface area (Å²) in [4.78, 5) is 0. The second-order valence-corrected chi connectivity index (χ2v) is 4.57. The van der Waals surface area contributed by atoms with Crippen LogP contribution in [0, 0.1) is 11.8 Å². The molecule has 0 rings (SSSR count). The van der Waals surface area contributed by atoms with E-state index in [0.717, 1.165) is 11.8 Å². The fraction of sp³-hybridized carbons (Fsp3) is 1.00. The average molecular weight is 170 g/mol. The van der Waals surface area contributed by atoms with Gasteiger partial charge in [0.05, 0.1) is 0 Å². The third kappa shape index (κ3) is 8.10. The lowest BCUT2D eigenvalue weighted by Gasteiger charge is -2.12. The zero-order valence-electron chi connectivity index (χ0n) is 9.40. The van der Waals surface area contributed by atoms with Crippen LogP contribution in [0.1, 0.15) is 66.2 Å². The zero-order valence-corrected chi connectivity index (χ0v) is 9.40. The van der Waals surface area contributed by atoms with Crippen molar-refractivity contribution in [3.8, 4) is 0 Å². The number of hydrogen-bond donors (Lipinski definition) is 0. The Labute approximate surface area is 78.8 Å². The highest BCUT2D eigenvalue weighted by Crippen LogP contribution is 2.17. The Hall–Kier alpha value is 0. The molecule has 0 radical (unpaired) electrons. The van der Waals surface area contributed by atoms with Gasteiger partial charge in [-0.2, -0.15) is 0 Å². The molecule has 0 aromatic heterocycles. The first-order valence-electron chi connectivity index (χ1n) is 5.66. The largest absolute Gasteiger partial charge is 0.0654 e. The van der Waals surface area contributed by atoms with Gasteiger partial charge in [-0.3, -0.25) is 0 Å². The van der Waals surface area contributed by atoms with Crippen LogP contribution in [0.25, 0.3) is 0 Å². The topological polar surface area (TPSA) is 0 Å². The Kier molecular flexibility index (Phi) is 7.64. The predicted octanol–water partition coefficient (Wildman–Crippen LogP) is 4.64. The van der Waals surface area contributed by atoms with Gasteiger partial charge in [0.25, 0.3) is 0 Å². The maximum absolute atomic E-state index is 2.40. The van der Waals surface area contributed by atoms with E-state index in [9.17, 15) is 0 Å². The number of unbranched alkanes of at least 4 members (excludes halogenated alkanes) is 2. The Bertz CT molecular complexity index is 84.0. The van der Waals surface area contributed by atoms with Crippen LogP contribution in [0.2, 0.25) is 0 Å². The Balaban J connectivity index is 3.15. The summed E-state index contributed by atoms with van der Waals surface area (Å²) in [5.74, 6) is 1.84. The highest BCUT2D eigenvalue weighted by atomic mass is 14.1. The standard InChI is InChI=1S/C12H26/c1-5-6-7-8-12(4)10-9-11(2)3/h11-12H,5-10H2,1-4H3. The summed E-state index contributed by atoms with van der Waals surface area (Å²) in [7, 11) is 0. The zero-order chi connectivity index (χ0) is 9.40. The van der Waals surface area contributed by atoms with E-state index in [2.05, 4.69) is 27.7 Å². The van der Waals surface area contributed by atoms with E-state index < -0.39 is 0 Å². The van der Waals surface area contributed by atoms with E-state index in [1.165, 1.54) is 38.5 Å². The molecular weight excluding hydrogens is 144 g/mol. The van der Waals surface area contributed by atoms with Crippen LogP contribution < -0.4 is 0 Å². The van der Waals surface area contributed by atoms with E-state index in [1.807, 2.05) is 0 Å². The molecule has 0 bridgehead atoms. The van der Waals surface area contributed by atoms with E-state index in [-0.39, 0.29) is 0 Å². The Morgan fingerprint density at radius 3 is 2.00 bits per heavy atom. The second-order valence-electron chi connectivity index (χ2n) is 4.57. The molecule has 1 unspecified atom stereocenters. The van der Waals surface area contributed by atoms with Crippen molar-refractivity contribution >= 4 is 0 Å². The van der Waals surface area contributed by atoms with E-state index in [0.29, 0.717) is 0 Å². The summed E-state index contributed by atoms with van der Waals surface area (Å²) in [6.07, 6.45) is 8.51. The van der Waals surface area contributed by atoms with Crippen molar-refractivity contribution in [2.75, 3.05) is 0 Å². The summed E-state index contributed by atoms with van der Waals surface area (Å²) in [6, 6.07) is 0. The fourth-order valence-corrected chi connectivity index (χ4v) is 1.50. The monoisotopic (exact) mass is 170 g/mol. The van der Waals surface area contributed by atoms with Gasteiger partial charge in [-0.1, -0.05) is 66.2 Å². The lowest BCUT2D eigenvalue weighted by Crippen LogP contribution is -1.97. The first-order valence-corrected chi connectivity index (χ1v) is 5.66. The molecule has 74 valence electrons. The molecule has 12 heavy (non-hydrogen) atoms. The molecule has 0 aromatic carbocycles. The van der Waals surface area contributed by atoms with Crippen molar-refractivity contribution in [3.63, 3.8) is 0 Å². The third-order valence-corrected chi connectivity index (χ3v) is 2.54. The van der Waals surface area contributed by atoms with Crippen molar-refractivity contribution in [3.05, 3.63) is 0 Å². The first kappa shape index (κ1) is 12.0. The van der Waals surface area contributed by atoms with E-state index in [4.69, 9.17) is 0 Å². The number of hydrogen-bond acceptors (Lipinski definition) is 0. The van der Waals surface area contributed by atoms with Crippen molar-refractivity contribution < 1.29 is 0 Å². The average Bonchev–Trinajstić information content (AvgIpc) is 2.01. The summed E-state index contributed by atoms with van der Waals surface area (Å²) < 4.78 is 0. The van der Waals surface area contributed by atoms with Gasteiger partial charge in [0.15, 0.2) is 0 Å². The van der Waals surface area contributed by atoms with Gasteiger partial charge in [-0.25, -0.2) is 0 Å². The lowest BCUT2D eigenvalue weighted by atomic mass is 9.95. The Morgan fingerprint density at radius 1 is 0.833 bits per heavy atom. The van der Waals surface area contributed by atoms with Gasteiger partial charge in [0.1, 0.15) is 0 Å². The molecule has 0 amide bonds. The molecule has 1 atom stereocenters. The molecule has 0 spiro atoms. The van der Waals surface area contributed by atoms with Gasteiger partial charge < -0.3 is 0 Å². The van der Waals surface area contributed by atoms with Gasteiger partial charge in [0.2, 0.25) is 0 Å². The normalized spacial score (nSPS) is 13.8. The first-order chi connectivity index (χ1) is 5.66. The van der Waals surface area contributed by atoms with E-state index in [1.54, 1.807) is 0 Å². The van der Waals surface area contributed by atoms with Crippen LogP contribution in [0.3, 0.4) is 0 Å². The fourth-order valence-electron chi connectivity index (χ4n) is 1.50. The van der Waals surface area contributed by atoms with Gasteiger partial charge in [-0.05, 0) is 11.8 Å².